The van der Waals surface area contributed by atoms with Gasteiger partial charge in [0.15, 0.2) is 0 Å². The van der Waals surface area contributed by atoms with Gasteiger partial charge >= 0.3 is 5.97 Å². The molecular formula is C20H18BrN3O3. The summed E-state index contributed by atoms with van der Waals surface area (Å²) in [7, 11) is 3.10. The fraction of sp³-hybridized carbons (Fsp3) is 0.150. The summed E-state index contributed by atoms with van der Waals surface area (Å²) in [5, 5.41) is 7.36. The number of nitrogens with one attached hydrogen (secondary N) is 1. The van der Waals surface area contributed by atoms with E-state index in [4.69, 9.17) is 0 Å². The van der Waals surface area contributed by atoms with Gasteiger partial charge in [0.2, 0.25) is 0 Å². The van der Waals surface area contributed by atoms with Crippen LogP contribution < -0.4 is 5.32 Å². The van der Waals surface area contributed by atoms with Crippen molar-refractivity contribution in [3.05, 3.63) is 69.8 Å². The van der Waals surface area contributed by atoms with E-state index in [0.717, 1.165) is 21.3 Å². The molecule has 0 bridgehead atoms. The van der Waals surface area contributed by atoms with Gasteiger partial charge in [-0.25, -0.2) is 4.79 Å². The van der Waals surface area contributed by atoms with Crippen molar-refractivity contribution in [2.45, 2.75) is 6.92 Å². The summed E-state index contributed by atoms with van der Waals surface area (Å²) in [6.07, 6.45) is 0. The van der Waals surface area contributed by atoms with E-state index in [1.165, 1.54) is 7.11 Å². The third kappa shape index (κ3) is 3.93. The van der Waals surface area contributed by atoms with Gasteiger partial charge in [-0.05, 0) is 48.9 Å². The molecule has 27 heavy (non-hydrogen) atoms. The Morgan fingerprint density at radius 3 is 2.22 bits per heavy atom. The van der Waals surface area contributed by atoms with Crippen molar-refractivity contribution >= 4 is 33.6 Å². The molecule has 7 heteroatoms. The molecule has 0 atom stereocenters. The van der Waals surface area contributed by atoms with Gasteiger partial charge in [-0.2, -0.15) is 5.10 Å². The van der Waals surface area contributed by atoms with Crippen LogP contribution in [0.2, 0.25) is 0 Å². The highest BCUT2D eigenvalue weighted by Gasteiger charge is 2.18. The van der Waals surface area contributed by atoms with Crippen molar-refractivity contribution in [3.8, 4) is 11.1 Å². The van der Waals surface area contributed by atoms with Gasteiger partial charge < -0.3 is 10.1 Å². The molecule has 0 saturated carbocycles. The summed E-state index contributed by atoms with van der Waals surface area (Å²) >= 11 is 3.43. The molecule has 0 aliphatic carbocycles. The first kappa shape index (κ1) is 18.8. The molecule has 3 rings (SSSR count). The second kappa shape index (κ2) is 7.75. The normalized spacial score (nSPS) is 10.5. The molecule has 1 N–H and O–H groups in total. The monoisotopic (exact) mass is 427 g/mol. The van der Waals surface area contributed by atoms with Crippen molar-refractivity contribution in [2.75, 3.05) is 12.4 Å². The quantitative estimate of drug-likeness (QED) is 0.633. The number of carbonyl (C=O) groups excluding carboxylic acids is 2. The van der Waals surface area contributed by atoms with Crippen LogP contribution in [-0.4, -0.2) is 28.8 Å². The maximum atomic E-state index is 12.7. The van der Waals surface area contributed by atoms with Crippen molar-refractivity contribution in [2.24, 2.45) is 7.05 Å². The molecule has 0 aliphatic rings. The average molecular weight is 428 g/mol. The molecule has 1 aromatic heterocycles. The molecule has 0 saturated heterocycles. The minimum absolute atomic E-state index is 0.284. The van der Waals surface area contributed by atoms with Gasteiger partial charge in [-0.1, -0.05) is 28.1 Å². The van der Waals surface area contributed by atoms with Crippen LogP contribution in [0.5, 0.6) is 0 Å². The number of hydrogen-bond acceptors (Lipinski definition) is 4. The number of carbonyl (C=O) groups is 2. The van der Waals surface area contributed by atoms with Gasteiger partial charge in [0, 0.05) is 22.6 Å². The second-order valence-electron chi connectivity index (χ2n) is 5.96. The van der Waals surface area contributed by atoms with Crippen LogP contribution in [0.3, 0.4) is 0 Å². The van der Waals surface area contributed by atoms with E-state index in [1.54, 1.807) is 36.0 Å². The summed E-state index contributed by atoms with van der Waals surface area (Å²) in [6.45, 7) is 1.90. The van der Waals surface area contributed by atoms with E-state index in [9.17, 15) is 9.59 Å². The molecule has 1 amide bonds. The highest BCUT2D eigenvalue weighted by Crippen LogP contribution is 2.32. The topological polar surface area (TPSA) is 73.2 Å². The van der Waals surface area contributed by atoms with Crippen molar-refractivity contribution < 1.29 is 14.3 Å². The fourth-order valence-electron chi connectivity index (χ4n) is 2.82. The molecule has 0 aliphatic heterocycles. The van der Waals surface area contributed by atoms with E-state index in [2.05, 4.69) is 31.1 Å². The van der Waals surface area contributed by atoms with E-state index in [-0.39, 0.29) is 5.91 Å². The Labute approximate surface area is 165 Å². The van der Waals surface area contributed by atoms with Gasteiger partial charge in [0.1, 0.15) is 5.82 Å². The van der Waals surface area contributed by atoms with Crippen LogP contribution in [0.4, 0.5) is 5.82 Å². The van der Waals surface area contributed by atoms with Crippen molar-refractivity contribution in [1.82, 2.24) is 9.78 Å². The lowest BCUT2D eigenvalue weighted by Crippen LogP contribution is -2.15. The summed E-state index contributed by atoms with van der Waals surface area (Å²) in [5.74, 6) is -0.119. The van der Waals surface area contributed by atoms with E-state index >= 15 is 0 Å². The first-order valence-electron chi connectivity index (χ1n) is 8.20. The Kier molecular flexibility index (Phi) is 5.41. The van der Waals surface area contributed by atoms with Crippen LogP contribution in [-0.2, 0) is 11.8 Å². The Morgan fingerprint density at radius 2 is 1.63 bits per heavy atom. The fourth-order valence-corrected chi connectivity index (χ4v) is 3.08. The lowest BCUT2D eigenvalue weighted by Gasteiger charge is -2.10. The van der Waals surface area contributed by atoms with Crippen LogP contribution in [0.1, 0.15) is 26.4 Å². The number of halogens is 1. The molecular weight excluding hydrogens is 410 g/mol. The number of methoxy groups -OCH3 is 1. The maximum absolute atomic E-state index is 12.7. The predicted molar refractivity (Wildman–Crippen MR) is 107 cm³/mol. The van der Waals surface area contributed by atoms with Crippen LogP contribution in [0.15, 0.2) is 53.0 Å². The molecule has 0 radical (unpaired) electrons. The van der Waals surface area contributed by atoms with Gasteiger partial charge in [-0.15, -0.1) is 0 Å². The Morgan fingerprint density at radius 1 is 1.04 bits per heavy atom. The molecule has 1 heterocycles. The number of nitrogens with zero attached hydrogens (tertiary/aromatic N) is 2. The van der Waals surface area contributed by atoms with Gasteiger partial charge in [-0.3, -0.25) is 9.48 Å². The van der Waals surface area contributed by atoms with Crippen LogP contribution in [0, 0.1) is 6.92 Å². The van der Waals surface area contributed by atoms with E-state index in [1.807, 2.05) is 31.2 Å². The first-order valence-corrected chi connectivity index (χ1v) is 8.99. The van der Waals surface area contributed by atoms with Crippen molar-refractivity contribution in [1.29, 1.82) is 0 Å². The lowest BCUT2D eigenvalue weighted by molar-refractivity contribution is 0.0600. The zero-order valence-corrected chi connectivity index (χ0v) is 16.7. The summed E-state index contributed by atoms with van der Waals surface area (Å²) in [4.78, 5) is 24.2. The Hall–Kier alpha value is -2.93. The standard InChI is InChI=1S/C20H18BrN3O3/c1-12-17(13-8-10-16(21)11-9-13)18(24(2)23-12)22-19(25)14-4-6-15(7-5-14)20(26)27-3/h4-11H,1-3H3,(H,22,25). The molecule has 138 valence electrons. The number of amides is 1. The molecule has 0 unspecified atom stereocenters. The summed E-state index contributed by atoms with van der Waals surface area (Å²) in [5.41, 5.74) is 3.46. The first-order chi connectivity index (χ1) is 12.9. The smallest absolute Gasteiger partial charge is 0.337 e. The third-order valence-electron chi connectivity index (χ3n) is 4.16. The van der Waals surface area contributed by atoms with Gasteiger partial charge in [0.25, 0.3) is 5.91 Å². The molecule has 0 fully saturated rings. The van der Waals surface area contributed by atoms with E-state index in [0.29, 0.717) is 16.9 Å². The lowest BCUT2D eigenvalue weighted by atomic mass is 10.1. The minimum Gasteiger partial charge on any atom is -0.465 e. The van der Waals surface area contributed by atoms with Crippen molar-refractivity contribution in [3.63, 3.8) is 0 Å². The zero-order valence-electron chi connectivity index (χ0n) is 15.1. The minimum atomic E-state index is -0.443. The number of anilines is 1. The number of aryl methyl sites for hydroxylation is 2. The molecule has 0 spiro atoms. The number of aromatic nitrogens is 2. The highest BCUT2D eigenvalue weighted by atomic mass is 79.9. The molecule has 6 nitrogen and oxygen atoms in total. The molecule has 2 aromatic carbocycles. The SMILES string of the molecule is COC(=O)c1ccc(C(=O)Nc2c(-c3ccc(Br)cc3)c(C)nn2C)cc1. The number of benzene rings is 2. The maximum Gasteiger partial charge on any atom is 0.337 e. The number of ether oxygens (including phenoxy) is 1. The summed E-state index contributed by atoms with van der Waals surface area (Å²) in [6, 6.07) is 14.1. The van der Waals surface area contributed by atoms with Crippen LogP contribution >= 0.6 is 15.9 Å². The van der Waals surface area contributed by atoms with E-state index < -0.39 is 5.97 Å². The number of esters is 1. The number of rotatable bonds is 4. The molecule has 3 aromatic rings. The Bertz CT molecular complexity index is 993. The third-order valence-corrected chi connectivity index (χ3v) is 4.68. The summed E-state index contributed by atoms with van der Waals surface area (Å²) < 4.78 is 7.29. The highest BCUT2D eigenvalue weighted by molar-refractivity contribution is 9.10. The second-order valence-corrected chi connectivity index (χ2v) is 6.88. The average Bonchev–Trinajstić information content (AvgIpc) is 2.95. The van der Waals surface area contributed by atoms with Crippen LogP contribution in [0.25, 0.3) is 11.1 Å². The Balaban J connectivity index is 1.90. The largest absolute Gasteiger partial charge is 0.465 e. The number of hydrogen-bond donors (Lipinski definition) is 1. The predicted octanol–water partition coefficient (Wildman–Crippen LogP) is 4.20. The van der Waals surface area contributed by atoms with Gasteiger partial charge in [0.05, 0.1) is 18.4 Å². The zero-order chi connectivity index (χ0) is 19.6.